The van der Waals surface area contributed by atoms with Crippen LogP contribution in [0.3, 0.4) is 0 Å². The Hall–Kier alpha value is -1.09. The van der Waals surface area contributed by atoms with E-state index >= 15 is 0 Å². The van der Waals surface area contributed by atoms with Gasteiger partial charge in [0.2, 0.25) is 0 Å². The number of nitrogens with zero attached hydrogens (tertiary/aromatic N) is 3. The third kappa shape index (κ3) is 2.14. The Morgan fingerprint density at radius 1 is 1.37 bits per heavy atom. The molecule has 0 radical (unpaired) electrons. The van der Waals surface area contributed by atoms with Gasteiger partial charge < -0.3 is 4.57 Å². The summed E-state index contributed by atoms with van der Waals surface area (Å²) in [5, 5.41) is -0.0860. The molecule has 1 fully saturated rings. The van der Waals surface area contributed by atoms with Gasteiger partial charge in [-0.2, -0.15) is 0 Å². The summed E-state index contributed by atoms with van der Waals surface area (Å²) in [6.07, 6.45) is 4.43. The van der Waals surface area contributed by atoms with Crippen molar-refractivity contribution in [3.63, 3.8) is 0 Å². The molecule has 0 spiro atoms. The molecule has 102 valence electrons. The van der Waals surface area contributed by atoms with Gasteiger partial charge in [0.1, 0.15) is 11.3 Å². The van der Waals surface area contributed by atoms with E-state index in [0.29, 0.717) is 11.3 Å². The van der Waals surface area contributed by atoms with Gasteiger partial charge in [0.15, 0.2) is 5.65 Å². The molecular weight excluding hydrogens is 258 g/mol. The van der Waals surface area contributed by atoms with E-state index in [1.54, 1.807) is 0 Å². The van der Waals surface area contributed by atoms with Gasteiger partial charge in [-0.3, -0.25) is 0 Å². The second-order valence-corrected chi connectivity index (χ2v) is 6.69. The second kappa shape index (κ2) is 4.48. The first-order valence-corrected chi connectivity index (χ1v) is 7.42. The molecule has 0 N–H and O–H groups in total. The van der Waals surface area contributed by atoms with Crippen molar-refractivity contribution in [3.05, 3.63) is 24.2 Å². The Morgan fingerprint density at radius 3 is 2.68 bits per heavy atom. The molecule has 2 aromatic rings. The van der Waals surface area contributed by atoms with Gasteiger partial charge in [-0.1, -0.05) is 13.8 Å². The third-order valence-corrected chi connectivity index (χ3v) is 4.67. The first-order valence-electron chi connectivity index (χ1n) is 6.99. The summed E-state index contributed by atoms with van der Waals surface area (Å²) < 4.78 is 2.24. The molecule has 19 heavy (non-hydrogen) atoms. The van der Waals surface area contributed by atoms with E-state index in [2.05, 4.69) is 28.4 Å². The molecule has 0 aliphatic heterocycles. The van der Waals surface area contributed by atoms with E-state index in [1.807, 2.05) is 25.3 Å². The molecule has 1 saturated carbocycles. The molecule has 3 rings (SSSR count). The van der Waals surface area contributed by atoms with Crippen LogP contribution in [0, 0.1) is 11.3 Å². The van der Waals surface area contributed by atoms with Crippen LogP contribution in [-0.4, -0.2) is 14.5 Å². The zero-order valence-corrected chi connectivity index (χ0v) is 12.5. The van der Waals surface area contributed by atoms with Crippen molar-refractivity contribution in [1.82, 2.24) is 14.5 Å². The molecular formula is C15H20ClN3. The molecule has 2 heterocycles. The summed E-state index contributed by atoms with van der Waals surface area (Å²) in [6.45, 7) is 7.59. The lowest BCUT2D eigenvalue weighted by Crippen LogP contribution is -2.19. The van der Waals surface area contributed by atoms with Crippen molar-refractivity contribution in [2.75, 3.05) is 0 Å². The fraction of sp³-hybridized carbons (Fsp3) is 0.600. The van der Waals surface area contributed by atoms with Gasteiger partial charge in [-0.15, -0.1) is 11.6 Å². The van der Waals surface area contributed by atoms with E-state index in [1.165, 1.54) is 12.8 Å². The first kappa shape index (κ1) is 12.9. The van der Waals surface area contributed by atoms with Crippen molar-refractivity contribution < 1.29 is 0 Å². The van der Waals surface area contributed by atoms with Crippen molar-refractivity contribution in [2.24, 2.45) is 11.3 Å². The molecule has 3 nitrogen and oxygen atoms in total. The molecule has 0 saturated heterocycles. The average Bonchev–Trinajstić information content (AvgIpc) is 3.06. The quantitative estimate of drug-likeness (QED) is 0.786. The molecule has 0 amide bonds. The largest absolute Gasteiger partial charge is 0.311 e. The predicted molar refractivity (Wildman–Crippen MR) is 78.3 cm³/mol. The normalized spacial score (nSPS) is 19.0. The zero-order valence-electron chi connectivity index (χ0n) is 11.7. The lowest BCUT2D eigenvalue weighted by Gasteiger charge is -2.22. The van der Waals surface area contributed by atoms with Crippen molar-refractivity contribution in [1.29, 1.82) is 0 Å². The summed E-state index contributed by atoms with van der Waals surface area (Å²) in [7, 11) is 0. The van der Waals surface area contributed by atoms with E-state index in [9.17, 15) is 0 Å². The Labute approximate surface area is 119 Å². The number of alkyl halides is 1. The maximum Gasteiger partial charge on any atom is 0.160 e. The minimum absolute atomic E-state index is 0.0860. The van der Waals surface area contributed by atoms with E-state index in [4.69, 9.17) is 11.6 Å². The fourth-order valence-electron chi connectivity index (χ4n) is 2.83. The maximum atomic E-state index is 6.30. The SMILES string of the molecule is CC(Cl)c1nc2cccnc2n1CC1(C(C)C)CC1. The number of hydrogen-bond donors (Lipinski definition) is 0. The predicted octanol–water partition coefficient (Wildman–Crippen LogP) is 4.17. The molecule has 0 bridgehead atoms. The van der Waals surface area contributed by atoms with Crippen molar-refractivity contribution in [3.8, 4) is 0 Å². The summed E-state index contributed by atoms with van der Waals surface area (Å²) >= 11 is 6.30. The number of pyridine rings is 1. The highest BCUT2D eigenvalue weighted by Gasteiger charge is 2.46. The summed E-state index contributed by atoms with van der Waals surface area (Å²) in [4.78, 5) is 9.15. The molecule has 1 atom stereocenters. The minimum Gasteiger partial charge on any atom is -0.311 e. The van der Waals surface area contributed by atoms with Crippen molar-refractivity contribution >= 4 is 22.8 Å². The van der Waals surface area contributed by atoms with Crippen molar-refractivity contribution in [2.45, 2.75) is 45.5 Å². The number of aromatic nitrogens is 3. The Kier molecular flexibility index (Phi) is 3.05. The smallest absolute Gasteiger partial charge is 0.160 e. The zero-order chi connectivity index (χ0) is 13.6. The monoisotopic (exact) mass is 277 g/mol. The average molecular weight is 278 g/mol. The fourth-order valence-corrected chi connectivity index (χ4v) is 3.00. The van der Waals surface area contributed by atoms with Gasteiger partial charge >= 0.3 is 0 Å². The number of imidazole rings is 1. The summed E-state index contributed by atoms with van der Waals surface area (Å²) in [5.41, 5.74) is 2.34. The molecule has 0 aromatic carbocycles. The van der Waals surface area contributed by atoms with Crippen LogP contribution in [0.1, 0.15) is 44.8 Å². The number of hydrogen-bond acceptors (Lipinski definition) is 2. The van der Waals surface area contributed by atoms with Gasteiger partial charge in [0, 0.05) is 12.7 Å². The molecule has 1 aliphatic carbocycles. The Bertz CT molecular complexity index is 596. The van der Waals surface area contributed by atoms with Crippen LogP contribution >= 0.6 is 11.6 Å². The Morgan fingerprint density at radius 2 is 2.11 bits per heavy atom. The molecule has 2 aromatic heterocycles. The third-order valence-electron chi connectivity index (χ3n) is 4.48. The van der Waals surface area contributed by atoms with Crippen LogP contribution in [0.5, 0.6) is 0 Å². The standard InChI is InChI=1S/C15H20ClN3/c1-10(2)15(6-7-15)9-19-13(11(3)16)18-12-5-4-8-17-14(12)19/h4-5,8,10-11H,6-7,9H2,1-3H3. The van der Waals surface area contributed by atoms with Crippen LogP contribution in [0.15, 0.2) is 18.3 Å². The summed E-state index contributed by atoms with van der Waals surface area (Å²) in [5.74, 6) is 1.63. The number of rotatable bonds is 4. The highest BCUT2D eigenvalue weighted by Crippen LogP contribution is 2.53. The maximum absolute atomic E-state index is 6.30. The molecule has 4 heteroatoms. The van der Waals surface area contributed by atoms with Gasteiger partial charge in [0.05, 0.1) is 5.38 Å². The van der Waals surface area contributed by atoms with E-state index in [-0.39, 0.29) is 5.38 Å². The molecule has 1 unspecified atom stereocenters. The lowest BCUT2D eigenvalue weighted by atomic mass is 9.92. The molecule has 1 aliphatic rings. The van der Waals surface area contributed by atoms with Gasteiger partial charge in [0.25, 0.3) is 0 Å². The van der Waals surface area contributed by atoms with Crippen LogP contribution in [-0.2, 0) is 6.54 Å². The van der Waals surface area contributed by atoms with Crippen LogP contribution < -0.4 is 0 Å². The van der Waals surface area contributed by atoms with Crippen LogP contribution in [0.25, 0.3) is 11.2 Å². The van der Waals surface area contributed by atoms with E-state index < -0.39 is 0 Å². The van der Waals surface area contributed by atoms with Gasteiger partial charge in [-0.05, 0) is 43.2 Å². The summed E-state index contributed by atoms with van der Waals surface area (Å²) in [6, 6.07) is 3.94. The number of halogens is 1. The highest BCUT2D eigenvalue weighted by molar-refractivity contribution is 6.20. The van der Waals surface area contributed by atoms with E-state index in [0.717, 1.165) is 23.5 Å². The second-order valence-electron chi connectivity index (χ2n) is 6.04. The minimum atomic E-state index is -0.0860. The topological polar surface area (TPSA) is 30.7 Å². The number of fused-ring (bicyclic) bond motifs is 1. The van der Waals surface area contributed by atoms with Crippen LogP contribution in [0.2, 0.25) is 0 Å². The lowest BCUT2D eigenvalue weighted by molar-refractivity contribution is 0.308. The Balaban J connectivity index is 2.08. The first-order chi connectivity index (χ1) is 9.03. The van der Waals surface area contributed by atoms with Gasteiger partial charge in [-0.25, -0.2) is 9.97 Å². The highest BCUT2D eigenvalue weighted by atomic mass is 35.5. The van der Waals surface area contributed by atoms with Crippen LogP contribution in [0.4, 0.5) is 0 Å².